The molecule has 39 heavy (non-hydrogen) atoms. The SMILES string of the molecule is COC(=O)[C@@H](C)[C@@H](O)[C@H](C)[C@H]1OC(C)(C)O[C@]1(C)COC(c1ccccc1)(c1ccccc1)c1ccccc1. The number of aliphatic hydroxyl groups excluding tert-OH is 1. The fourth-order valence-corrected chi connectivity index (χ4v) is 5.83. The molecular formula is C33H40O6. The molecule has 6 heteroatoms. The van der Waals surface area contributed by atoms with Crippen molar-refractivity contribution in [2.24, 2.45) is 11.8 Å². The topological polar surface area (TPSA) is 74.2 Å². The first kappa shape index (κ1) is 29.0. The van der Waals surface area contributed by atoms with Gasteiger partial charge in [-0.15, -0.1) is 0 Å². The van der Waals surface area contributed by atoms with Gasteiger partial charge in [0.15, 0.2) is 5.79 Å². The minimum Gasteiger partial charge on any atom is -0.469 e. The van der Waals surface area contributed by atoms with Crippen molar-refractivity contribution in [3.63, 3.8) is 0 Å². The van der Waals surface area contributed by atoms with E-state index in [1.54, 1.807) is 6.92 Å². The highest BCUT2D eigenvalue weighted by Crippen LogP contribution is 2.46. The van der Waals surface area contributed by atoms with E-state index in [1.807, 2.05) is 82.3 Å². The Morgan fingerprint density at radius 1 is 0.872 bits per heavy atom. The maximum absolute atomic E-state index is 12.2. The predicted molar refractivity (Wildman–Crippen MR) is 150 cm³/mol. The molecule has 0 aliphatic carbocycles. The molecule has 0 bridgehead atoms. The Morgan fingerprint density at radius 3 is 1.72 bits per heavy atom. The summed E-state index contributed by atoms with van der Waals surface area (Å²) in [4.78, 5) is 12.2. The first-order chi connectivity index (χ1) is 18.5. The van der Waals surface area contributed by atoms with Gasteiger partial charge in [0.05, 0.1) is 31.8 Å². The van der Waals surface area contributed by atoms with E-state index in [9.17, 15) is 9.90 Å². The van der Waals surface area contributed by atoms with Crippen LogP contribution in [0.2, 0.25) is 0 Å². The lowest BCUT2D eigenvalue weighted by Crippen LogP contribution is -2.51. The van der Waals surface area contributed by atoms with Crippen LogP contribution in [0.25, 0.3) is 0 Å². The van der Waals surface area contributed by atoms with Gasteiger partial charge < -0.3 is 24.1 Å². The molecule has 0 saturated carbocycles. The van der Waals surface area contributed by atoms with Gasteiger partial charge in [-0.1, -0.05) is 97.9 Å². The van der Waals surface area contributed by atoms with E-state index >= 15 is 0 Å². The molecular weight excluding hydrogens is 492 g/mol. The zero-order valence-electron chi connectivity index (χ0n) is 23.7. The third-order valence-electron chi connectivity index (χ3n) is 7.71. The Labute approximate surface area is 231 Å². The van der Waals surface area contributed by atoms with Gasteiger partial charge in [-0.05, 0) is 44.4 Å². The summed E-state index contributed by atoms with van der Waals surface area (Å²) in [7, 11) is 1.32. The zero-order valence-corrected chi connectivity index (χ0v) is 23.7. The minimum absolute atomic E-state index is 0.156. The Balaban J connectivity index is 1.77. The number of ether oxygens (including phenoxy) is 4. The molecule has 1 fully saturated rings. The third-order valence-corrected chi connectivity index (χ3v) is 7.71. The molecule has 0 radical (unpaired) electrons. The van der Waals surface area contributed by atoms with Crippen LogP contribution in [0.4, 0.5) is 0 Å². The molecule has 1 saturated heterocycles. The van der Waals surface area contributed by atoms with E-state index in [0.29, 0.717) is 0 Å². The minimum atomic E-state index is -0.999. The Bertz CT molecular complexity index is 1120. The molecule has 208 valence electrons. The average Bonchev–Trinajstić information content (AvgIpc) is 3.21. The molecule has 0 spiro atoms. The molecule has 0 aromatic heterocycles. The van der Waals surface area contributed by atoms with Gasteiger partial charge in [-0.2, -0.15) is 0 Å². The van der Waals surface area contributed by atoms with Gasteiger partial charge in [-0.3, -0.25) is 4.79 Å². The second-order valence-electron chi connectivity index (χ2n) is 11.1. The molecule has 1 N–H and O–H groups in total. The van der Waals surface area contributed by atoms with Crippen LogP contribution in [0.5, 0.6) is 0 Å². The lowest BCUT2D eigenvalue weighted by molar-refractivity contribution is -0.177. The van der Waals surface area contributed by atoms with Crippen molar-refractivity contribution in [1.82, 2.24) is 0 Å². The van der Waals surface area contributed by atoms with E-state index in [0.717, 1.165) is 16.7 Å². The summed E-state index contributed by atoms with van der Waals surface area (Å²) in [6.07, 6.45) is -1.56. The van der Waals surface area contributed by atoms with Crippen LogP contribution in [0.1, 0.15) is 51.3 Å². The largest absolute Gasteiger partial charge is 0.469 e. The van der Waals surface area contributed by atoms with Crippen LogP contribution in [0.3, 0.4) is 0 Å². The summed E-state index contributed by atoms with van der Waals surface area (Å²) in [6.45, 7) is 9.34. The molecule has 6 nitrogen and oxygen atoms in total. The maximum atomic E-state index is 12.2. The first-order valence-electron chi connectivity index (χ1n) is 13.5. The van der Waals surface area contributed by atoms with Gasteiger partial charge in [0.1, 0.15) is 11.2 Å². The lowest BCUT2D eigenvalue weighted by atomic mass is 9.79. The van der Waals surface area contributed by atoms with Crippen molar-refractivity contribution < 1.29 is 28.8 Å². The fourth-order valence-electron chi connectivity index (χ4n) is 5.83. The average molecular weight is 533 g/mol. The highest BCUT2D eigenvalue weighted by molar-refractivity contribution is 5.72. The highest BCUT2D eigenvalue weighted by Gasteiger charge is 2.55. The quantitative estimate of drug-likeness (QED) is 0.266. The van der Waals surface area contributed by atoms with Crippen molar-refractivity contribution in [2.75, 3.05) is 13.7 Å². The smallest absolute Gasteiger partial charge is 0.311 e. The summed E-state index contributed by atoms with van der Waals surface area (Å²) >= 11 is 0. The number of aliphatic hydroxyl groups is 1. The second kappa shape index (κ2) is 11.6. The van der Waals surface area contributed by atoms with Crippen molar-refractivity contribution in [2.45, 2.75) is 63.8 Å². The Hall–Kier alpha value is -3.03. The normalized spacial score (nSPS) is 23.1. The van der Waals surface area contributed by atoms with Crippen LogP contribution in [-0.4, -0.2) is 48.4 Å². The first-order valence-corrected chi connectivity index (χ1v) is 13.5. The Kier molecular flexibility index (Phi) is 8.62. The molecule has 4 rings (SSSR count). The Morgan fingerprint density at radius 2 is 1.31 bits per heavy atom. The number of hydrogen-bond donors (Lipinski definition) is 1. The fraction of sp³-hybridized carbons (Fsp3) is 0.424. The van der Waals surface area contributed by atoms with Gasteiger partial charge in [-0.25, -0.2) is 0 Å². The van der Waals surface area contributed by atoms with Gasteiger partial charge in [0.25, 0.3) is 0 Å². The number of hydrogen-bond acceptors (Lipinski definition) is 6. The van der Waals surface area contributed by atoms with Gasteiger partial charge >= 0.3 is 5.97 Å². The van der Waals surface area contributed by atoms with E-state index in [2.05, 4.69) is 36.4 Å². The van der Waals surface area contributed by atoms with Crippen molar-refractivity contribution >= 4 is 5.97 Å². The second-order valence-corrected chi connectivity index (χ2v) is 11.1. The van der Waals surface area contributed by atoms with E-state index < -0.39 is 47.0 Å². The number of esters is 1. The van der Waals surface area contributed by atoms with E-state index in [4.69, 9.17) is 18.9 Å². The highest BCUT2D eigenvalue weighted by atomic mass is 16.8. The number of benzene rings is 3. The van der Waals surface area contributed by atoms with Crippen LogP contribution in [0, 0.1) is 11.8 Å². The maximum Gasteiger partial charge on any atom is 0.311 e. The lowest BCUT2D eigenvalue weighted by Gasteiger charge is -2.41. The number of carbonyl (C=O) groups excluding carboxylic acids is 1. The van der Waals surface area contributed by atoms with Crippen LogP contribution in [-0.2, 0) is 29.3 Å². The zero-order chi connectivity index (χ0) is 28.3. The summed E-state index contributed by atoms with van der Waals surface area (Å²) < 4.78 is 24.9. The monoisotopic (exact) mass is 532 g/mol. The molecule has 0 unspecified atom stereocenters. The summed E-state index contributed by atoms with van der Waals surface area (Å²) in [5.41, 5.74) is 1.06. The third kappa shape index (κ3) is 5.80. The standard InChI is InChI=1S/C33H40O6/c1-23(28(34)24(2)30(35)36-6)29-32(5,39-31(3,4)38-29)22-37-33(25-16-10-7-11-17-25,26-18-12-8-13-19-26)27-20-14-9-15-21-27/h7-21,23-24,28-29,34H,22H2,1-6H3/t23-,24-,28-,29+,32+/m0/s1. The van der Waals surface area contributed by atoms with E-state index in [-0.39, 0.29) is 6.61 Å². The van der Waals surface area contributed by atoms with Crippen molar-refractivity contribution in [3.05, 3.63) is 108 Å². The van der Waals surface area contributed by atoms with Crippen LogP contribution in [0.15, 0.2) is 91.0 Å². The molecule has 0 amide bonds. The van der Waals surface area contributed by atoms with Gasteiger partial charge in [0, 0.05) is 5.92 Å². The van der Waals surface area contributed by atoms with Crippen LogP contribution < -0.4 is 0 Å². The van der Waals surface area contributed by atoms with Crippen LogP contribution >= 0.6 is 0 Å². The number of carbonyl (C=O) groups is 1. The molecule has 1 aliphatic rings. The molecule has 1 aliphatic heterocycles. The summed E-state index contributed by atoms with van der Waals surface area (Å²) in [6, 6.07) is 30.4. The molecule has 3 aromatic carbocycles. The number of methoxy groups -OCH3 is 1. The molecule has 5 atom stereocenters. The summed E-state index contributed by atoms with van der Waals surface area (Å²) in [5, 5.41) is 11.1. The van der Waals surface area contributed by atoms with Crippen molar-refractivity contribution in [1.29, 1.82) is 0 Å². The summed E-state index contributed by atoms with van der Waals surface area (Å²) in [5.74, 6) is -2.56. The molecule has 1 heterocycles. The predicted octanol–water partition coefficient (Wildman–Crippen LogP) is 5.71. The van der Waals surface area contributed by atoms with E-state index in [1.165, 1.54) is 7.11 Å². The van der Waals surface area contributed by atoms with Crippen molar-refractivity contribution in [3.8, 4) is 0 Å². The van der Waals surface area contributed by atoms with Gasteiger partial charge in [0.2, 0.25) is 0 Å². The number of rotatable bonds is 10. The molecule has 3 aromatic rings.